The van der Waals surface area contributed by atoms with E-state index in [1.807, 2.05) is 0 Å². The highest BCUT2D eigenvalue weighted by Crippen LogP contribution is 2.40. The molecule has 4 aromatic rings. The van der Waals surface area contributed by atoms with Gasteiger partial charge in [0.15, 0.2) is 0 Å². The summed E-state index contributed by atoms with van der Waals surface area (Å²) in [6.07, 6.45) is 1.29. The fourth-order valence-electron chi connectivity index (χ4n) is 3.28. The second kappa shape index (κ2) is 7.92. The first-order valence-corrected chi connectivity index (χ1v) is 9.36. The van der Waals surface area contributed by atoms with Crippen LogP contribution in [0.4, 0.5) is 8.78 Å². The minimum absolute atomic E-state index is 0.114. The van der Waals surface area contributed by atoms with Crippen molar-refractivity contribution < 1.29 is 18.4 Å². The van der Waals surface area contributed by atoms with Crippen LogP contribution in [0.2, 0.25) is 5.02 Å². The molecule has 4 rings (SSSR count). The SMILES string of the molecule is C[C@@H](c1cc(-c2ccc(Cl)cc2)no1)[C@](O)(Cn1cnnn1)c1ccc(F)cc1F. The molecule has 0 radical (unpaired) electrons. The third-order valence-electron chi connectivity index (χ3n) is 5.00. The maximum absolute atomic E-state index is 14.6. The molecule has 0 spiro atoms. The van der Waals surface area contributed by atoms with Gasteiger partial charge in [0, 0.05) is 28.3 Å². The summed E-state index contributed by atoms with van der Waals surface area (Å²) in [6.45, 7) is 1.46. The summed E-state index contributed by atoms with van der Waals surface area (Å²) >= 11 is 5.92. The van der Waals surface area contributed by atoms with Gasteiger partial charge in [-0.15, -0.1) is 5.10 Å². The van der Waals surface area contributed by atoms with Gasteiger partial charge in [-0.25, -0.2) is 13.5 Å². The molecule has 0 aliphatic rings. The Morgan fingerprint density at radius 3 is 2.60 bits per heavy atom. The van der Waals surface area contributed by atoms with Gasteiger partial charge >= 0.3 is 0 Å². The fourth-order valence-corrected chi connectivity index (χ4v) is 3.41. The third-order valence-corrected chi connectivity index (χ3v) is 5.26. The normalized spacial score (nSPS) is 14.4. The van der Waals surface area contributed by atoms with Crippen LogP contribution in [0.3, 0.4) is 0 Å². The molecule has 7 nitrogen and oxygen atoms in total. The lowest BCUT2D eigenvalue weighted by molar-refractivity contribution is -0.0185. The van der Waals surface area contributed by atoms with Gasteiger partial charge in [-0.05, 0) is 28.6 Å². The Balaban J connectivity index is 1.74. The van der Waals surface area contributed by atoms with Crippen LogP contribution in [0.1, 0.15) is 24.2 Å². The summed E-state index contributed by atoms with van der Waals surface area (Å²) in [5.41, 5.74) is -0.683. The molecule has 154 valence electrons. The standard InChI is InChI=1S/C20H16ClF2N5O2/c1-12(19-9-18(25-30-19)13-2-4-14(21)5-3-13)20(29,10-28-11-24-26-27-28)16-7-6-15(22)8-17(16)23/h2-9,11-12,29H,10H2,1H3/t12-,20+/m0/s1. The van der Waals surface area contributed by atoms with Crippen LogP contribution >= 0.6 is 11.6 Å². The van der Waals surface area contributed by atoms with Gasteiger partial charge in [0.05, 0.1) is 12.5 Å². The molecule has 10 heteroatoms. The Hall–Kier alpha value is -3.17. The van der Waals surface area contributed by atoms with Crippen molar-refractivity contribution in [2.24, 2.45) is 0 Å². The van der Waals surface area contributed by atoms with Gasteiger partial charge in [0.25, 0.3) is 0 Å². The van der Waals surface area contributed by atoms with Crippen LogP contribution in [0.5, 0.6) is 0 Å². The van der Waals surface area contributed by atoms with Gasteiger partial charge in [0.1, 0.15) is 35.0 Å². The number of hydrogen-bond acceptors (Lipinski definition) is 6. The maximum atomic E-state index is 14.6. The van der Waals surface area contributed by atoms with Crippen LogP contribution in [0, 0.1) is 11.6 Å². The van der Waals surface area contributed by atoms with Gasteiger partial charge in [-0.3, -0.25) is 0 Å². The molecule has 2 heterocycles. The molecule has 0 bridgehead atoms. The van der Waals surface area contributed by atoms with E-state index in [1.165, 1.54) is 17.1 Å². The first-order valence-electron chi connectivity index (χ1n) is 8.98. The lowest BCUT2D eigenvalue weighted by Gasteiger charge is -2.33. The number of nitrogens with zero attached hydrogens (tertiary/aromatic N) is 5. The highest BCUT2D eigenvalue weighted by molar-refractivity contribution is 6.30. The highest BCUT2D eigenvalue weighted by atomic mass is 35.5. The second-order valence-corrected chi connectivity index (χ2v) is 7.34. The van der Waals surface area contributed by atoms with E-state index in [2.05, 4.69) is 20.7 Å². The van der Waals surface area contributed by atoms with E-state index in [1.54, 1.807) is 37.3 Å². The van der Waals surface area contributed by atoms with E-state index in [9.17, 15) is 13.9 Å². The van der Waals surface area contributed by atoms with Crippen molar-refractivity contribution in [3.63, 3.8) is 0 Å². The first kappa shape index (κ1) is 20.1. The summed E-state index contributed by atoms with van der Waals surface area (Å²) in [4.78, 5) is 0. The quantitative estimate of drug-likeness (QED) is 0.497. The zero-order chi connectivity index (χ0) is 21.3. The van der Waals surface area contributed by atoms with E-state index < -0.39 is 23.2 Å². The highest BCUT2D eigenvalue weighted by Gasteiger charge is 2.42. The largest absolute Gasteiger partial charge is 0.382 e. The molecule has 0 saturated carbocycles. The molecule has 2 atom stereocenters. The van der Waals surface area contributed by atoms with Gasteiger partial charge in [-0.1, -0.05) is 41.9 Å². The number of rotatable bonds is 6. The van der Waals surface area contributed by atoms with Crippen molar-refractivity contribution >= 4 is 11.6 Å². The van der Waals surface area contributed by atoms with Crippen molar-refractivity contribution in [2.45, 2.75) is 25.0 Å². The number of tetrazole rings is 1. The zero-order valence-electron chi connectivity index (χ0n) is 15.7. The Morgan fingerprint density at radius 2 is 1.93 bits per heavy atom. The van der Waals surface area contributed by atoms with Crippen molar-refractivity contribution in [1.82, 2.24) is 25.4 Å². The molecule has 0 unspecified atom stereocenters. The van der Waals surface area contributed by atoms with E-state index in [0.717, 1.165) is 11.6 Å². The van der Waals surface area contributed by atoms with E-state index >= 15 is 0 Å². The summed E-state index contributed by atoms with van der Waals surface area (Å²) in [5, 5.41) is 27.0. The molecule has 0 saturated heterocycles. The van der Waals surface area contributed by atoms with E-state index in [4.69, 9.17) is 16.1 Å². The van der Waals surface area contributed by atoms with Crippen molar-refractivity contribution in [3.8, 4) is 11.3 Å². The number of hydrogen-bond donors (Lipinski definition) is 1. The van der Waals surface area contributed by atoms with E-state index in [0.29, 0.717) is 22.5 Å². The first-order chi connectivity index (χ1) is 14.4. The van der Waals surface area contributed by atoms with Crippen LogP contribution in [0.15, 0.2) is 59.4 Å². The van der Waals surface area contributed by atoms with Gasteiger partial charge < -0.3 is 9.63 Å². The molecule has 0 fully saturated rings. The van der Waals surface area contributed by atoms with Crippen LogP contribution < -0.4 is 0 Å². The lowest BCUT2D eigenvalue weighted by Crippen LogP contribution is -2.38. The Labute approximate surface area is 174 Å². The molecule has 0 amide bonds. The monoisotopic (exact) mass is 431 g/mol. The average Bonchev–Trinajstić information content (AvgIpc) is 3.40. The molecule has 30 heavy (non-hydrogen) atoms. The lowest BCUT2D eigenvalue weighted by atomic mass is 9.80. The Morgan fingerprint density at radius 1 is 1.17 bits per heavy atom. The molecule has 2 aromatic carbocycles. The topological polar surface area (TPSA) is 89.9 Å². The third kappa shape index (κ3) is 3.81. The second-order valence-electron chi connectivity index (χ2n) is 6.90. The summed E-state index contributed by atoms with van der Waals surface area (Å²) in [6, 6.07) is 11.6. The van der Waals surface area contributed by atoms with Crippen molar-refractivity contribution in [2.75, 3.05) is 0 Å². The van der Waals surface area contributed by atoms with Gasteiger partial charge in [-0.2, -0.15) is 0 Å². The number of benzene rings is 2. The predicted molar refractivity (Wildman–Crippen MR) is 103 cm³/mol. The predicted octanol–water partition coefficient (Wildman–Crippen LogP) is 3.95. The fraction of sp³-hybridized carbons (Fsp3) is 0.200. The zero-order valence-corrected chi connectivity index (χ0v) is 16.5. The minimum atomic E-state index is -1.86. The van der Waals surface area contributed by atoms with Crippen LogP contribution in [-0.4, -0.2) is 30.5 Å². The van der Waals surface area contributed by atoms with Crippen LogP contribution in [-0.2, 0) is 12.1 Å². The molecular weight excluding hydrogens is 416 g/mol. The Kier molecular flexibility index (Phi) is 5.31. The summed E-state index contributed by atoms with van der Waals surface area (Å²) < 4.78 is 34.8. The van der Waals surface area contributed by atoms with Crippen molar-refractivity contribution in [1.29, 1.82) is 0 Å². The molecular formula is C20H16ClF2N5O2. The van der Waals surface area contributed by atoms with E-state index in [-0.39, 0.29) is 12.1 Å². The average molecular weight is 432 g/mol. The number of halogens is 3. The summed E-state index contributed by atoms with van der Waals surface area (Å²) in [7, 11) is 0. The minimum Gasteiger partial charge on any atom is -0.382 e. The summed E-state index contributed by atoms with van der Waals surface area (Å²) in [5.74, 6) is -2.12. The van der Waals surface area contributed by atoms with Crippen molar-refractivity contribution in [3.05, 3.63) is 82.8 Å². The number of aromatic nitrogens is 5. The smallest absolute Gasteiger partial charge is 0.143 e. The Bertz CT molecular complexity index is 1150. The van der Waals surface area contributed by atoms with Gasteiger partial charge in [0.2, 0.25) is 0 Å². The maximum Gasteiger partial charge on any atom is 0.143 e. The van der Waals surface area contributed by atoms with Crippen LogP contribution in [0.25, 0.3) is 11.3 Å². The molecule has 2 aromatic heterocycles. The molecule has 0 aliphatic heterocycles. The molecule has 1 N–H and O–H groups in total. The molecule has 0 aliphatic carbocycles. The number of aliphatic hydroxyl groups is 1.